The normalized spacial score (nSPS) is 20.1. The predicted molar refractivity (Wildman–Crippen MR) is 116 cm³/mol. The van der Waals surface area contributed by atoms with Gasteiger partial charge in [0.15, 0.2) is 0 Å². The maximum absolute atomic E-state index is 15.1. The lowest BCUT2D eigenvalue weighted by Crippen LogP contribution is -2.44. The summed E-state index contributed by atoms with van der Waals surface area (Å²) in [5.74, 6) is 5.68. The third kappa shape index (κ3) is 3.53. The highest BCUT2D eigenvalue weighted by molar-refractivity contribution is 5.87. The summed E-state index contributed by atoms with van der Waals surface area (Å²) in [6, 6.07) is 1.64. The van der Waals surface area contributed by atoms with Crippen LogP contribution in [0.25, 0.3) is 10.9 Å². The van der Waals surface area contributed by atoms with Crippen LogP contribution in [0.1, 0.15) is 44.7 Å². The van der Waals surface area contributed by atoms with Crippen molar-refractivity contribution in [1.82, 2.24) is 14.6 Å². The summed E-state index contributed by atoms with van der Waals surface area (Å²) < 4.78 is 17.3. The Morgan fingerprint density at radius 3 is 2.62 bits per heavy atom. The van der Waals surface area contributed by atoms with E-state index in [2.05, 4.69) is 24.1 Å². The van der Waals surface area contributed by atoms with Crippen LogP contribution in [0.15, 0.2) is 15.7 Å². The first-order valence-electron chi connectivity index (χ1n) is 10.1. The van der Waals surface area contributed by atoms with Gasteiger partial charge in [-0.15, -0.1) is 12.4 Å². The Bertz CT molecular complexity index is 1050. The van der Waals surface area contributed by atoms with E-state index in [-0.39, 0.29) is 23.8 Å². The van der Waals surface area contributed by atoms with Crippen molar-refractivity contribution < 1.29 is 4.39 Å². The molecule has 0 unspecified atom stereocenters. The molecule has 3 N–H and O–H groups in total. The van der Waals surface area contributed by atoms with Crippen LogP contribution in [-0.4, -0.2) is 34.9 Å². The second-order valence-corrected chi connectivity index (χ2v) is 8.13. The molecule has 4 rings (SSSR count). The standard InChI is InChI=1S/C20H28FN5O2.ClH/c1-4-23-12(3)13-7-8-24(10-13)18-11(2)17-15(9-16(18)21)19(27)26(22)20(28)25(17)14-5-6-14;/h9,12-14,23H,4-8,10,22H2,1-3H3;1H/t12-,13+;/m0./s1. The molecule has 2 atom stereocenters. The minimum absolute atomic E-state index is 0. The first kappa shape index (κ1) is 21.6. The van der Waals surface area contributed by atoms with Crippen molar-refractivity contribution in [1.29, 1.82) is 0 Å². The molecule has 2 aromatic rings. The number of aromatic nitrogens is 2. The molecule has 2 fully saturated rings. The lowest BCUT2D eigenvalue weighted by Gasteiger charge is -2.25. The SMILES string of the molecule is CCN[C@@H](C)[C@@H]1CCN(c2c(F)cc3c(=O)n(N)c(=O)n(C4CC4)c3c2C)C1.Cl. The van der Waals surface area contributed by atoms with E-state index >= 15 is 4.39 Å². The Kier molecular flexibility index (Phi) is 5.96. The zero-order valence-corrected chi connectivity index (χ0v) is 17.9. The van der Waals surface area contributed by atoms with E-state index in [9.17, 15) is 9.59 Å². The maximum Gasteiger partial charge on any atom is 0.350 e. The van der Waals surface area contributed by atoms with Gasteiger partial charge in [-0.1, -0.05) is 6.92 Å². The fraction of sp³-hybridized carbons (Fsp3) is 0.600. The first-order chi connectivity index (χ1) is 13.3. The van der Waals surface area contributed by atoms with E-state index in [1.165, 1.54) is 6.07 Å². The number of hydrogen-bond donors (Lipinski definition) is 2. The Labute approximate surface area is 175 Å². The molecule has 9 heteroatoms. The molecule has 2 heterocycles. The van der Waals surface area contributed by atoms with E-state index in [0.717, 1.165) is 38.9 Å². The number of aryl methyl sites for hydroxylation is 1. The number of rotatable bonds is 5. The number of nitrogen functional groups attached to an aromatic ring is 1. The number of nitrogens with two attached hydrogens (primary N) is 1. The lowest BCUT2D eigenvalue weighted by molar-refractivity contribution is 0.410. The average Bonchev–Trinajstić information content (AvgIpc) is 3.38. The Morgan fingerprint density at radius 2 is 2.00 bits per heavy atom. The molecule has 29 heavy (non-hydrogen) atoms. The number of anilines is 1. The summed E-state index contributed by atoms with van der Waals surface area (Å²) in [4.78, 5) is 27.2. The molecule has 1 aromatic heterocycles. The molecule has 0 spiro atoms. The van der Waals surface area contributed by atoms with Gasteiger partial charge in [-0.05, 0) is 51.6 Å². The van der Waals surface area contributed by atoms with Crippen molar-refractivity contribution in [2.75, 3.05) is 30.4 Å². The highest BCUT2D eigenvalue weighted by atomic mass is 35.5. The van der Waals surface area contributed by atoms with Crippen molar-refractivity contribution in [3.63, 3.8) is 0 Å². The molecule has 2 aliphatic rings. The highest BCUT2D eigenvalue weighted by Crippen LogP contribution is 2.39. The monoisotopic (exact) mass is 425 g/mol. The minimum atomic E-state index is -0.648. The van der Waals surface area contributed by atoms with Gasteiger partial charge in [0.2, 0.25) is 0 Å². The molecule has 160 valence electrons. The van der Waals surface area contributed by atoms with Crippen molar-refractivity contribution in [2.45, 2.75) is 52.1 Å². The van der Waals surface area contributed by atoms with Crippen molar-refractivity contribution >= 4 is 29.0 Å². The Hall–Kier alpha value is -2.06. The van der Waals surface area contributed by atoms with Gasteiger partial charge in [0.05, 0.1) is 16.6 Å². The van der Waals surface area contributed by atoms with Gasteiger partial charge in [0.25, 0.3) is 5.56 Å². The molecule has 1 aromatic carbocycles. The van der Waals surface area contributed by atoms with E-state index in [1.807, 2.05) is 0 Å². The lowest BCUT2D eigenvalue weighted by atomic mass is 10.0. The quantitative estimate of drug-likeness (QED) is 0.715. The number of nitrogens with zero attached hydrogens (tertiary/aromatic N) is 3. The van der Waals surface area contributed by atoms with E-state index < -0.39 is 17.1 Å². The van der Waals surface area contributed by atoms with Gasteiger partial charge in [0.1, 0.15) is 5.82 Å². The summed E-state index contributed by atoms with van der Waals surface area (Å²) >= 11 is 0. The summed E-state index contributed by atoms with van der Waals surface area (Å²) in [5, 5.41) is 3.62. The van der Waals surface area contributed by atoms with Crippen molar-refractivity contribution in [3.05, 3.63) is 38.3 Å². The second-order valence-electron chi connectivity index (χ2n) is 8.13. The second kappa shape index (κ2) is 7.99. The summed E-state index contributed by atoms with van der Waals surface area (Å²) in [6.45, 7) is 8.46. The Balaban J connectivity index is 0.00000240. The van der Waals surface area contributed by atoms with Crippen LogP contribution in [0.4, 0.5) is 10.1 Å². The van der Waals surface area contributed by atoms with Crippen LogP contribution in [0.3, 0.4) is 0 Å². The fourth-order valence-electron chi connectivity index (χ4n) is 4.61. The van der Waals surface area contributed by atoms with Gasteiger partial charge in [-0.25, -0.2) is 9.18 Å². The number of benzene rings is 1. The molecular weight excluding hydrogens is 397 g/mol. The third-order valence-corrected chi connectivity index (χ3v) is 6.25. The highest BCUT2D eigenvalue weighted by Gasteiger charge is 2.33. The number of fused-ring (bicyclic) bond motifs is 1. The summed E-state index contributed by atoms with van der Waals surface area (Å²) in [7, 11) is 0. The average molecular weight is 426 g/mol. The summed E-state index contributed by atoms with van der Waals surface area (Å²) in [5.41, 5.74) is 0.500. The molecule has 0 amide bonds. The molecule has 0 radical (unpaired) electrons. The third-order valence-electron chi connectivity index (χ3n) is 6.25. The number of nitrogens with one attached hydrogen (secondary N) is 1. The van der Waals surface area contributed by atoms with Gasteiger partial charge in [-0.3, -0.25) is 9.36 Å². The van der Waals surface area contributed by atoms with E-state index in [1.54, 1.807) is 11.5 Å². The maximum atomic E-state index is 15.1. The minimum Gasteiger partial charge on any atom is -0.369 e. The fourth-order valence-corrected chi connectivity index (χ4v) is 4.61. The van der Waals surface area contributed by atoms with Crippen LogP contribution in [0.2, 0.25) is 0 Å². The molecule has 1 saturated heterocycles. The van der Waals surface area contributed by atoms with Crippen molar-refractivity contribution in [3.8, 4) is 0 Å². The largest absolute Gasteiger partial charge is 0.369 e. The molecule has 7 nitrogen and oxygen atoms in total. The molecule has 0 bridgehead atoms. The molecule has 1 aliphatic heterocycles. The predicted octanol–water partition coefficient (Wildman–Crippen LogP) is 1.91. The van der Waals surface area contributed by atoms with Gasteiger partial charge >= 0.3 is 5.69 Å². The molecule has 1 aliphatic carbocycles. The molecule has 1 saturated carbocycles. The van der Waals surface area contributed by atoms with Gasteiger partial charge in [0, 0.05) is 30.7 Å². The van der Waals surface area contributed by atoms with Crippen LogP contribution < -0.4 is 27.3 Å². The van der Waals surface area contributed by atoms with E-state index in [4.69, 9.17) is 5.84 Å². The van der Waals surface area contributed by atoms with Gasteiger partial charge < -0.3 is 16.1 Å². The number of halogens is 2. The van der Waals surface area contributed by atoms with Crippen LogP contribution in [0.5, 0.6) is 0 Å². The zero-order valence-electron chi connectivity index (χ0n) is 17.1. The van der Waals surface area contributed by atoms with E-state index in [0.29, 0.717) is 33.4 Å². The molecular formula is C20H29ClFN5O2. The van der Waals surface area contributed by atoms with Crippen molar-refractivity contribution in [2.24, 2.45) is 5.92 Å². The topological polar surface area (TPSA) is 85.3 Å². The first-order valence-corrected chi connectivity index (χ1v) is 10.1. The smallest absolute Gasteiger partial charge is 0.350 e. The van der Waals surface area contributed by atoms with Crippen LogP contribution in [0, 0.1) is 18.7 Å². The summed E-state index contributed by atoms with van der Waals surface area (Å²) in [6.07, 6.45) is 2.71. The Morgan fingerprint density at radius 1 is 1.31 bits per heavy atom. The van der Waals surface area contributed by atoms with Crippen LogP contribution in [-0.2, 0) is 0 Å². The zero-order chi connectivity index (χ0) is 20.2. The van der Waals surface area contributed by atoms with Gasteiger partial charge in [-0.2, -0.15) is 4.68 Å². The number of hydrogen-bond acceptors (Lipinski definition) is 5. The van der Waals surface area contributed by atoms with Crippen LogP contribution >= 0.6 is 12.4 Å².